The van der Waals surface area contributed by atoms with E-state index in [-0.39, 0.29) is 0 Å². The summed E-state index contributed by atoms with van der Waals surface area (Å²) in [5, 5.41) is 3.60. The second kappa shape index (κ2) is 9.37. The van der Waals surface area contributed by atoms with Crippen molar-refractivity contribution in [1.29, 1.82) is 0 Å². The summed E-state index contributed by atoms with van der Waals surface area (Å²) in [6.07, 6.45) is 0. The minimum absolute atomic E-state index is 0.537. The topological polar surface area (TPSA) is 37.4 Å². The molecule has 3 rings (SSSR count). The van der Waals surface area contributed by atoms with E-state index in [9.17, 15) is 0 Å². The molecule has 6 nitrogen and oxygen atoms in total. The van der Waals surface area contributed by atoms with E-state index in [0.29, 0.717) is 6.04 Å². The summed E-state index contributed by atoms with van der Waals surface area (Å²) in [5.74, 6) is 1.03. The molecule has 26 heavy (non-hydrogen) atoms. The largest absolute Gasteiger partial charge is 0.355 e. The molecule has 1 atom stereocenters. The molecule has 1 aromatic rings. The molecule has 0 saturated carbocycles. The van der Waals surface area contributed by atoms with Crippen LogP contribution in [-0.4, -0.2) is 105 Å². The second-order valence-corrected chi connectivity index (χ2v) is 9.09. The fraction of sp³-hybridized carbons (Fsp3) is 0.722. The molecule has 1 unspecified atom stereocenters. The summed E-state index contributed by atoms with van der Waals surface area (Å²) in [6, 6.07) is 4.66. The molecule has 0 aromatic carbocycles. The van der Waals surface area contributed by atoms with Gasteiger partial charge in [0.15, 0.2) is 5.96 Å². The Hall–Kier alpha value is -0.860. The molecule has 0 amide bonds. The Bertz CT molecular complexity index is 598. The molecular weight excluding hydrogens is 368 g/mol. The molecule has 3 heterocycles. The van der Waals surface area contributed by atoms with Gasteiger partial charge in [0.2, 0.25) is 0 Å². The lowest BCUT2D eigenvalue weighted by molar-refractivity contribution is 0.115. The number of aliphatic imine (C=N–C) groups is 1. The van der Waals surface area contributed by atoms with E-state index in [1.165, 1.54) is 4.88 Å². The normalized spacial score (nSPS) is 24.2. The predicted octanol–water partition coefficient (Wildman–Crippen LogP) is 1.34. The average Bonchev–Trinajstić information content (AvgIpc) is 3.04. The van der Waals surface area contributed by atoms with Gasteiger partial charge < -0.3 is 15.1 Å². The number of hydrogen-bond acceptors (Lipinski definition) is 5. The predicted molar refractivity (Wildman–Crippen MR) is 111 cm³/mol. The van der Waals surface area contributed by atoms with Crippen LogP contribution in [0.3, 0.4) is 0 Å². The lowest BCUT2D eigenvalue weighted by atomic mass is 10.2. The first kappa shape index (κ1) is 19.9. The van der Waals surface area contributed by atoms with E-state index < -0.39 is 0 Å². The van der Waals surface area contributed by atoms with Crippen molar-refractivity contribution in [3.8, 4) is 0 Å². The molecule has 0 radical (unpaired) electrons. The molecule has 0 aliphatic carbocycles. The highest BCUT2D eigenvalue weighted by Gasteiger charge is 2.24. The minimum Gasteiger partial charge on any atom is -0.355 e. The molecule has 2 aliphatic rings. The van der Waals surface area contributed by atoms with Crippen molar-refractivity contribution in [3.05, 3.63) is 21.3 Å². The molecule has 146 valence electrons. The number of guanidine groups is 1. The molecule has 2 fully saturated rings. The number of rotatable bonds is 4. The maximum atomic E-state index is 6.04. The van der Waals surface area contributed by atoms with Crippen LogP contribution in [0.25, 0.3) is 0 Å². The van der Waals surface area contributed by atoms with Crippen LogP contribution in [0.2, 0.25) is 4.34 Å². The first-order valence-electron chi connectivity index (χ1n) is 9.36. The van der Waals surface area contributed by atoms with Crippen LogP contribution in [-0.2, 0) is 6.54 Å². The van der Waals surface area contributed by atoms with Crippen molar-refractivity contribution in [2.24, 2.45) is 4.99 Å². The van der Waals surface area contributed by atoms with Crippen LogP contribution in [0.4, 0.5) is 0 Å². The Labute approximate surface area is 166 Å². The lowest BCUT2D eigenvalue weighted by Crippen LogP contribution is -2.57. The zero-order valence-corrected chi connectivity index (χ0v) is 17.7. The third-order valence-corrected chi connectivity index (χ3v) is 6.58. The summed E-state index contributed by atoms with van der Waals surface area (Å²) in [4.78, 5) is 15.6. The van der Waals surface area contributed by atoms with Gasteiger partial charge in [-0.05, 0) is 26.2 Å². The van der Waals surface area contributed by atoms with Crippen molar-refractivity contribution in [1.82, 2.24) is 24.9 Å². The van der Waals surface area contributed by atoms with E-state index in [4.69, 9.17) is 11.6 Å². The van der Waals surface area contributed by atoms with Crippen LogP contribution in [0.1, 0.15) is 4.88 Å². The number of nitrogens with one attached hydrogen (secondary N) is 1. The quantitative estimate of drug-likeness (QED) is 0.612. The third kappa shape index (κ3) is 5.33. The second-order valence-electron chi connectivity index (χ2n) is 7.29. The maximum Gasteiger partial charge on any atom is 0.193 e. The highest BCUT2D eigenvalue weighted by molar-refractivity contribution is 7.16. The van der Waals surface area contributed by atoms with Gasteiger partial charge in [0.25, 0.3) is 0 Å². The van der Waals surface area contributed by atoms with Gasteiger partial charge in [-0.3, -0.25) is 14.8 Å². The van der Waals surface area contributed by atoms with Crippen LogP contribution in [0.5, 0.6) is 0 Å². The van der Waals surface area contributed by atoms with Crippen molar-refractivity contribution in [3.63, 3.8) is 0 Å². The summed E-state index contributed by atoms with van der Waals surface area (Å²) >= 11 is 7.72. The van der Waals surface area contributed by atoms with Gasteiger partial charge in [0, 0.05) is 76.9 Å². The smallest absolute Gasteiger partial charge is 0.193 e. The van der Waals surface area contributed by atoms with E-state index in [1.54, 1.807) is 11.3 Å². The van der Waals surface area contributed by atoms with Crippen molar-refractivity contribution in [2.75, 3.05) is 73.5 Å². The number of halogens is 1. The molecular formula is C18H31ClN6S. The number of hydrogen-bond donors (Lipinski definition) is 1. The van der Waals surface area contributed by atoms with Crippen molar-refractivity contribution >= 4 is 28.9 Å². The van der Waals surface area contributed by atoms with Gasteiger partial charge in [-0.1, -0.05) is 11.6 Å². The van der Waals surface area contributed by atoms with Crippen LogP contribution >= 0.6 is 22.9 Å². The van der Waals surface area contributed by atoms with E-state index in [1.807, 2.05) is 13.1 Å². The molecule has 1 aromatic heterocycles. The minimum atomic E-state index is 0.537. The number of piperazine rings is 2. The van der Waals surface area contributed by atoms with Gasteiger partial charge in [-0.25, -0.2) is 0 Å². The van der Waals surface area contributed by atoms with Gasteiger partial charge in [0.1, 0.15) is 0 Å². The summed E-state index contributed by atoms with van der Waals surface area (Å²) in [7, 11) is 6.31. The third-order valence-electron chi connectivity index (χ3n) is 5.37. The van der Waals surface area contributed by atoms with Crippen molar-refractivity contribution in [2.45, 2.75) is 12.6 Å². The number of nitrogens with zero attached hydrogens (tertiary/aromatic N) is 5. The van der Waals surface area contributed by atoms with E-state index >= 15 is 0 Å². The van der Waals surface area contributed by atoms with E-state index in [0.717, 1.165) is 69.2 Å². The van der Waals surface area contributed by atoms with Crippen LogP contribution in [0.15, 0.2) is 17.1 Å². The highest BCUT2D eigenvalue weighted by Crippen LogP contribution is 2.23. The highest BCUT2D eigenvalue weighted by atomic mass is 35.5. The number of likely N-dealkylation sites (N-methyl/N-ethyl adjacent to an activating group) is 2. The average molecular weight is 399 g/mol. The Balaban J connectivity index is 1.44. The lowest BCUT2D eigenvalue weighted by Gasteiger charge is -2.40. The number of thiophene rings is 1. The van der Waals surface area contributed by atoms with Crippen LogP contribution < -0.4 is 5.32 Å². The van der Waals surface area contributed by atoms with Crippen molar-refractivity contribution < 1.29 is 0 Å². The SMILES string of the molecule is CN=C(NCC1CN(C)CCN1C)N1CCN(Cc2ccc(Cl)s2)CC1. The first-order valence-corrected chi connectivity index (χ1v) is 10.6. The van der Waals surface area contributed by atoms with Gasteiger partial charge in [-0.2, -0.15) is 0 Å². The van der Waals surface area contributed by atoms with Crippen LogP contribution in [0, 0.1) is 0 Å². The zero-order chi connectivity index (χ0) is 18.5. The Morgan fingerprint density at radius 1 is 1.19 bits per heavy atom. The molecule has 2 saturated heterocycles. The molecule has 8 heteroatoms. The molecule has 2 aliphatic heterocycles. The van der Waals surface area contributed by atoms with E-state index in [2.05, 4.69) is 50.1 Å². The van der Waals surface area contributed by atoms with Gasteiger partial charge in [-0.15, -0.1) is 11.3 Å². The van der Waals surface area contributed by atoms with Gasteiger partial charge >= 0.3 is 0 Å². The monoisotopic (exact) mass is 398 g/mol. The maximum absolute atomic E-state index is 6.04. The Kier molecular flexibility index (Phi) is 7.17. The van der Waals surface area contributed by atoms with Gasteiger partial charge in [0.05, 0.1) is 4.34 Å². The summed E-state index contributed by atoms with van der Waals surface area (Å²) < 4.78 is 0.876. The molecule has 0 bridgehead atoms. The summed E-state index contributed by atoms with van der Waals surface area (Å²) in [5.41, 5.74) is 0. The fourth-order valence-electron chi connectivity index (χ4n) is 3.64. The Morgan fingerprint density at radius 2 is 1.96 bits per heavy atom. The first-order chi connectivity index (χ1) is 12.5. The Morgan fingerprint density at radius 3 is 2.62 bits per heavy atom. The zero-order valence-electron chi connectivity index (χ0n) is 16.1. The molecule has 0 spiro atoms. The fourth-order valence-corrected chi connectivity index (χ4v) is 4.77. The standard InChI is InChI=1S/C18H31ClN6S/c1-20-18(21-12-15-13-22(2)6-7-23(15)3)25-10-8-24(9-11-25)14-16-4-5-17(19)26-16/h4-5,15H,6-14H2,1-3H3,(H,20,21). The summed E-state index contributed by atoms with van der Waals surface area (Å²) in [6.45, 7) is 9.48. The molecule has 1 N–H and O–H groups in total.